The topological polar surface area (TPSA) is 46.0 Å². The molecular formula is C10H10N2O. The van der Waals surface area contributed by atoms with Crippen molar-refractivity contribution in [3.05, 3.63) is 29.6 Å². The molecule has 0 spiro atoms. The number of aryl methyl sites for hydroxylation is 1. The lowest BCUT2D eigenvalue weighted by atomic mass is 10.1. The minimum absolute atomic E-state index is 0.283. The van der Waals surface area contributed by atoms with Crippen LogP contribution >= 0.6 is 0 Å². The highest BCUT2D eigenvalue weighted by Crippen LogP contribution is 2.25. The number of hydrogen-bond acceptors (Lipinski definition) is 3. The molecule has 3 heteroatoms. The van der Waals surface area contributed by atoms with E-state index in [1.54, 1.807) is 18.5 Å². The highest BCUT2D eigenvalue weighted by molar-refractivity contribution is 5.80. The van der Waals surface area contributed by atoms with E-state index in [4.69, 9.17) is 0 Å². The molecule has 0 radical (unpaired) electrons. The second kappa shape index (κ2) is 2.69. The molecule has 0 fully saturated rings. The average molecular weight is 174 g/mol. The van der Waals surface area contributed by atoms with E-state index in [0.29, 0.717) is 0 Å². The van der Waals surface area contributed by atoms with Gasteiger partial charge in [0.2, 0.25) is 0 Å². The molecule has 0 aliphatic heterocycles. The van der Waals surface area contributed by atoms with Crippen LogP contribution in [0.15, 0.2) is 18.5 Å². The minimum Gasteiger partial charge on any atom is -0.508 e. The predicted molar refractivity (Wildman–Crippen MR) is 50.7 cm³/mol. The van der Waals surface area contributed by atoms with Crippen LogP contribution in [0.2, 0.25) is 0 Å². The fraction of sp³-hybridized carbons (Fsp3) is 0.200. The summed E-state index contributed by atoms with van der Waals surface area (Å²) in [6.45, 7) is 3.81. The van der Waals surface area contributed by atoms with E-state index in [0.717, 1.165) is 22.2 Å². The molecule has 0 amide bonds. The zero-order valence-electron chi connectivity index (χ0n) is 7.57. The highest BCUT2D eigenvalue weighted by atomic mass is 16.3. The van der Waals surface area contributed by atoms with Crippen molar-refractivity contribution in [2.75, 3.05) is 0 Å². The number of aromatic hydroxyl groups is 1. The molecule has 66 valence electrons. The number of aromatic nitrogens is 2. The maximum absolute atomic E-state index is 9.53. The number of hydrogen-bond donors (Lipinski definition) is 1. The van der Waals surface area contributed by atoms with Crippen molar-refractivity contribution in [1.82, 2.24) is 9.97 Å². The monoisotopic (exact) mass is 174 g/mol. The SMILES string of the molecule is Cc1c(O)cc2nccnc2c1C. The van der Waals surface area contributed by atoms with Crippen LogP contribution in [0.1, 0.15) is 11.1 Å². The van der Waals surface area contributed by atoms with Gasteiger partial charge in [-0.25, -0.2) is 0 Å². The van der Waals surface area contributed by atoms with Gasteiger partial charge in [-0.05, 0) is 25.0 Å². The number of fused-ring (bicyclic) bond motifs is 1. The standard InChI is InChI=1S/C10H10N2O/c1-6-7(2)10-8(5-9(6)13)11-3-4-12-10/h3-5,13H,1-2H3. The molecule has 1 aromatic carbocycles. The van der Waals surface area contributed by atoms with Gasteiger partial charge in [0.05, 0.1) is 11.0 Å². The fourth-order valence-corrected chi connectivity index (χ4v) is 1.35. The van der Waals surface area contributed by atoms with E-state index >= 15 is 0 Å². The quantitative estimate of drug-likeness (QED) is 0.664. The Morgan fingerprint density at radius 1 is 1.08 bits per heavy atom. The summed E-state index contributed by atoms with van der Waals surface area (Å²) in [6, 6.07) is 1.64. The molecule has 13 heavy (non-hydrogen) atoms. The molecule has 0 saturated carbocycles. The second-order valence-corrected chi connectivity index (χ2v) is 3.07. The van der Waals surface area contributed by atoms with Crippen LogP contribution in [-0.4, -0.2) is 15.1 Å². The Kier molecular flexibility index (Phi) is 1.65. The second-order valence-electron chi connectivity index (χ2n) is 3.07. The third kappa shape index (κ3) is 1.13. The molecule has 3 nitrogen and oxygen atoms in total. The minimum atomic E-state index is 0.283. The first-order chi connectivity index (χ1) is 6.20. The zero-order valence-corrected chi connectivity index (χ0v) is 7.57. The Balaban J connectivity index is 2.94. The van der Waals surface area contributed by atoms with Gasteiger partial charge in [-0.15, -0.1) is 0 Å². The maximum atomic E-state index is 9.53. The lowest BCUT2D eigenvalue weighted by Crippen LogP contribution is -1.89. The van der Waals surface area contributed by atoms with E-state index < -0.39 is 0 Å². The van der Waals surface area contributed by atoms with Crippen LogP contribution in [0.5, 0.6) is 5.75 Å². The molecule has 0 unspecified atom stereocenters. The van der Waals surface area contributed by atoms with Gasteiger partial charge in [0, 0.05) is 18.5 Å². The van der Waals surface area contributed by atoms with E-state index in [-0.39, 0.29) is 5.75 Å². The molecule has 2 rings (SSSR count). The molecule has 1 N–H and O–H groups in total. The summed E-state index contributed by atoms with van der Waals surface area (Å²) < 4.78 is 0. The molecule has 2 aromatic rings. The van der Waals surface area contributed by atoms with Crippen molar-refractivity contribution in [3.63, 3.8) is 0 Å². The maximum Gasteiger partial charge on any atom is 0.121 e. The summed E-state index contributed by atoms with van der Waals surface area (Å²) in [5.74, 6) is 0.283. The normalized spacial score (nSPS) is 10.6. The lowest BCUT2D eigenvalue weighted by molar-refractivity contribution is 0.471. The van der Waals surface area contributed by atoms with E-state index in [1.165, 1.54) is 0 Å². The summed E-state index contributed by atoms with van der Waals surface area (Å²) in [5, 5.41) is 9.53. The average Bonchev–Trinajstić information content (AvgIpc) is 2.15. The Hall–Kier alpha value is -1.64. The molecule has 1 aromatic heterocycles. The lowest BCUT2D eigenvalue weighted by Gasteiger charge is -2.05. The van der Waals surface area contributed by atoms with Crippen LogP contribution in [0.25, 0.3) is 11.0 Å². The van der Waals surface area contributed by atoms with Crippen LogP contribution < -0.4 is 0 Å². The third-order valence-corrected chi connectivity index (χ3v) is 2.30. The first kappa shape index (κ1) is 7.98. The number of benzene rings is 1. The number of phenolic OH excluding ortho intramolecular Hbond substituents is 1. The summed E-state index contributed by atoms with van der Waals surface area (Å²) in [6.07, 6.45) is 3.28. The van der Waals surface area contributed by atoms with Crippen LogP contribution in [0.4, 0.5) is 0 Å². The predicted octanol–water partition coefficient (Wildman–Crippen LogP) is 1.95. The Labute approximate surface area is 76.1 Å². The summed E-state index contributed by atoms with van der Waals surface area (Å²) in [4.78, 5) is 8.33. The molecule has 0 bridgehead atoms. The zero-order chi connectivity index (χ0) is 9.42. The van der Waals surface area contributed by atoms with Gasteiger partial charge in [-0.2, -0.15) is 0 Å². The fourth-order valence-electron chi connectivity index (χ4n) is 1.35. The van der Waals surface area contributed by atoms with Crippen molar-refractivity contribution in [3.8, 4) is 5.75 Å². The van der Waals surface area contributed by atoms with Crippen molar-refractivity contribution >= 4 is 11.0 Å². The Morgan fingerprint density at radius 3 is 2.54 bits per heavy atom. The van der Waals surface area contributed by atoms with Crippen molar-refractivity contribution in [2.45, 2.75) is 13.8 Å². The van der Waals surface area contributed by atoms with Crippen molar-refractivity contribution < 1.29 is 5.11 Å². The Bertz CT molecular complexity index is 466. The first-order valence-corrected chi connectivity index (χ1v) is 4.10. The molecule has 0 atom stereocenters. The van der Waals surface area contributed by atoms with Gasteiger partial charge in [-0.1, -0.05) is 0 Å². The smallest absolute Gasteiger partial charge is 0.121 e. The van der Waals surface area contributed by atoms with Gasteiger partial charge < -0.3 is 5.11 Å². The molecule has 0 aliphatic carbocycles. The first-order valence-electron chi connectivity index (χ1n) is 4.10. The highest BCUT2D eigenvalue weighted by Gasteiger charge is 2.06. The Morgan fingerprint density at radius 2 is 1.77 bits per heavy atom. The van der Waals surface area contributed by atoms with E-state index in [2.05, 4.69) is 9.97 Å². The van der Waals surface area contributed by atoms with Crippen LogP contribution in [0, 0.1) is 13.8 Å². The molecule has 0 saturated heterocycles. The summed E-state index contributed by atoms with van der Waals surface area (Å²) in [7, 11) is 0. The van der Waals surface area contributed by atoms with Gasteiger partial charge in [0.15, 0.2) is 0 Å². The molecule has 1 heterocycles. The van der Waals surface area contributed by atoms with Gasteiger partial charge in [-0.3, -0.25) is 9.97 Å². The van der Waals surface area contributed by atoms with Crippen molar-refractivity contribution in [1.29, 1.82) is 0 Å². The van der Waals surface area contributed by atoms with E-state index in [9.17, 15) is 5.11 Å². The largest absolute Gasteiger partial charge is 0.508 e. The van der Waals surface area contributed by atoms with Crippen LogP contribution in [-0.2, 0) is 0 Å². The number of nitrogens with zero attached hydrogens (tertiary/aromatic N) is 2. The van der Waals surface area contributed by atoms with Gasteiger partial charge in [0.1, 0.15) is 5.75 Å². The van der Waals surface area contributed by atoms with E-state index in [1.807, 2.05) is 13.8 Å². The molecule has 0 aliphatic rings. The number of phenols is 1. The molecular weight excluding hydrogens is 164 g/mol. The van der Waals surface area contributed by atoms with Crippen LogP contribution in [0.3, 0.4) is 0 Å². The summed E-state index contributed by atoms with van der Waals surface area (Å²) >= 11 is 0. The van der Waals surface area contributed by atoms with Crippen molar-refractivity contribution in [2.24, 2.45) is 0 Å². The summed E-state index contributed by atoms with van der Waals surface area (Å²) in [5.41, 5.74) is 3.46. The van der Waals surface area contributed by atoms with Gasteiger partial charge >= 0.3 is 0 Å². The number of rotatable bonds is 0. The van der Waals surface area contributed by atoms with Gasteiger partial charge in [0.25, 0.3) is 0 Å². The third-order valence-electron chi connectivity index (χ3n) is 2.30.